The Morgan fingerprint density at radius 1 is 1.43 bits per heavy atom. The Morgan fingerprint density at radius 2 is 2.14 bits per heavy atom. The summed E-state index contributed by atoms with van der Waals surface area (Å²) in [5, 5.41) is 0.410. The van der Waals surface area contributed by atoms with Crippen molar-refractivity contribution >= 4 is 23.4 Å². The number of hydrogen-bond donors (Lipinski definition) is 2. The highest BCUT2D eigenvalue weighted by atomic mass is 35.5. The van der Waals surface area contributed by atoms with Crippen LogP contribution in [0.5, 0.6) is 0 Å². The van der Waals surface area contributed by atoms with E-state index in [-0.39, 0.29) is 11.6 Å². The molecule has 14 heavy (non-hydrogen) atoms. The van der Waals surface area contributed by atoms with Crippen molar-refractivity contribution in [2.45, 2.75) is 6.92 Å². The van der Waals surface area contributed by atoms with Gasteiger partial charge in [0.05, 0.1) is 0 Å². The molecule has 5 nitrogen and oxygen atoms in total. The van der Waals surface area contributed by atoms with Gasteiger partial charge in [0.2, 0.25) is 5.91 Å². The summed E-state index contributed by atoms with van der Waals surface area (Å²) >= 11 is 5.64. The molecular weight excluding hydrogens is 206 g/mol. The SMILES string of the molecule is CC(=O)NNC(=O)c1cc(Cl)ccn1. The Bertz CT molecular complexity index is 367. The van der Waals surface area contributed by atoms with E-state index in [0.717, 1.165) is 0 Å². The van der Waals surface area contributed by atoms with E-state index in [1.54, 1.807) is 6.07 Å². The Balaban J connectivity index is 2.65. The minimum absolute atomic E-state index is 0.145. The minimum atomic E-state index is -0.511. The molecule has 0 radical (unpaired) electrons. The van der Waals surface area contributed by atoms with Gasteiger partial charge in [-0.3, -0.25) is 25.4 Å². The van der Waals surface area contributed by atoms with Crippen LogP contribution in [0, 0.1) is 0 Å². The topological polar surface area (TPSA) is 71.1 Å². The summed E-state index contributed by atoms with van der Waals surface area (Å²) in [5.41, 5.74) is 4.45. The molecule has 1 rings (SSSR count). The van der Waals surface area contributed by atoms with Crippen LogP contribution in [0.4, 0.5) is 0 Å². The Morgan fingerprint density at radius 3 is 2.71 bits per heavy atom. The van der Waals surface area contributed by atoms with Crippen LogP contribution in [0.2, 0.25) is 5.02 Å². The third-order valence-corrected chi connectivity index (χ3v) is 1.54. The summed E-state index contributed by atoms with van der Waals surface area (Å²) in [6.07, 6.45) is 1.41. The monoisotopic (exact) mass is 213 g/mol. The molecule has 0 fully saturated rings. The number of aromatic nitrogens is 1. The van der Waals surface area contributed by atoms with Gasteiger partial charge in [0, 0.05) is 18.1 Å². The average molecular weight is 214 g/mol. The molecule has 0 bridgehead atoms. The van der Waals surface area contributed by atoms with Crippen molar-refractivity contribution in [3.8, 4) is 0 Å². The lowest BCUT2D eigenvalue weighted by Gasteiger charge is -2.03. The number of hydrogen-bond acceptors (Lipinski definition) is 3. The zero-order chi connectivity index (χ0) is 10.6. The molecule has 1 heterocycles. The van der Waals surface area contributed by atoms with Gasteiger partial charge in [0.1, 0.15) is 5.69 Å². The zero-order valence-electron chi connectivity index (χ0n) is 7.37. The molecule has 1 aromatic rings. The van der Waals surface area contributed by atoms with Gasteiger partial charge in [-0.1, -0.05) is 11.6 Å². The highest BCUT2D eigenvalue weighted by Gasteiger charge is 2.06. The van der Waals surface area contributed by atoms with Crippen LogP contribution in [-0.2, 0) is 4.79 Å². The highest BCUT2D eigenvalue weighted by Crippen LogP contribution is 2.07. The quantitative estimate of drug-likeness (QED) is 0.668. The maximum atomic E-state index is 11.3. The van der Waals surface area contributed by atoms with Crippen molar-refractivity contribution in [1.29, 1.82) is 0 Å². The smallest absolute Gasteiger partial charge is 0.274 e. The normalized spacial score (nSPS) is 9.29. The second kappa shape index (κ2) is 4.57. The molecule has 6 heteroatoms. The van der Waals surface area contributed by atoms with Crippen molar-refractivity contribution in [2.75, 3.05) is 0 Å². The van der Waals surface area contributed by atoms with Gasteiger partial charge in [0.25, 0.3) is 5.91 Å². The second-order valence-corrected chi connectivity index (χ2v) is 2.93. The lowest BCUT2D eigenvalue weighted by atomic mass is 10.3. The van der Waals surface area contributed by atoms with E-state index in [2.05, 4.69) is 15.8 Å². The van der Waals surface area contributed by atoms with Crippen molar-refractivity contribution in [3.63, 3.8) is 0 Å². The summed E-state index contributed by atoms with van der Waals surface area (Å²) in [6.45, 7) is 1.28. The number of rotatable bonds is 1. The van der Waals surface area contributed by atoms with Crippen LogP contribution >= 0.6 is 11.6 Å². The molecule has 0 unspecified atom stereocenters. The molecule has 0 atom stereocenters. The molecule has 0 saturated carbocycles. The molecule has 0 aliphatic carbocycles. The number of nitrogens with zero attached hydrogens (tertiary/aromatic N) is 1. The van der Waals surface area contributed by atoms with Crippen molar-refractivity contribution in [1.82, 2.24) is 15.8 Å². The summed E-state index contributed by atoms with van der Waals surface area (Å²) in [6, 6.07) is 2.95. The van der Waals surface area contributed by atoms with Crippen LogP contribution < -0.4 is 10.9 Å². The summed E-state index contributed by atoms with van der Waals surface area (Å²) in [5.74, 6) is -0.872. The summed E-state index contributed by atoms with van der Waals surface area (Å²) < 4.78 is 0. The molecular formula is C8H8ClN3O2. The summed E-state index contributed by atoms with van der Waals surface area (Å²) in [4.78, 5) is 25.5. The molecule has 74 valence electrons. The number of amides is 2. The number of halogens is 1. The number of nitrogens with one attached hydrogen (secondary N) is 2. The van der Waals surface area contributed by atoms with Gasteiger partial charge in [-0.25, -0.2) is 0 Å². The molecule has 2 amide bonds. The fourth-order valence-corrected chi connectivity index (χ4v) is 0.897. The van der Waals surface area contributed by atoms with E-state index in [4.69, 9.17) is 11.6 Å². The molecule has 2 N–H and O–H groups in total. The number of hydrazine groups is 1. The maximum Gasteiger partial charge on any atom is 0.288 e. The third-order valence-electron chi connectivity index (χ3n) is 1.31. The average Bonchev–Trinajstić information content (AvgIpc) is 2.14. The number of pyridine rings is 1. The van der Waals surface area contributed by atoms with Crippen LogP contribution in [0.1, 0.15) is 17.4 Å². The zero-order valence-corrected chi connectivity index (χ0v) is 8.13. The van der Waals surface area contributed by atoms with Crippen molar-refractivity contribution in [2.24, 2.45) is 0 Å². The van der Waals surface area contributed by atoms with E-state index in [1.807, 2.05) is 0 Å². The first-order valence-corrected chi connectivity index (χ1v) is 4.16. The van der Waals surface area contributed by atoms with Crippen LogP contribution in [0.15, 0.2) is 18.3 Å². The third kappa shape index (κ3) is 3.02. The van der Waals surface area contributed by atoms with E-state index in [9.17, 15) is 9.59 Å². The molecule has 0 spiro atoms. The van der Waals surface area contributed by atoms with Crippen LogP contribution in [0.3, 0.4) is 0 Å². The Kier molecular flexibility index (Phi) is 3.41. The molecule has 0 aromatic carbocycles. The van der Waals surface area contributed by atoms with Gasteiger partial charge < -0.3 is 0 Å². The minimum Gasteiger partial charge on any atom is -0.274 e. The van der Waals surface area contributed by atoms with Gasteiger partial charge in [-0.05, 0) is 12.1 Å². The Labute approximate surface area is 85.4 Å². The summed E-state index contributed by atoms with van der Waals surface area (Å²) in [7, 11) is 0. The lowest BCUT2D eigenvalue weighted by molar-refractivity contribution is -0.119. The predicted octanol–water partition coefficient (Wildman–Crippen LogP) is 0.516. The fraction of sp³-hybridized carbons (Fsp3) is 0.125. The van der Waals surface area contributed by atoms with Crippen LogP contribution in [-0.4, -0.2) is 16.8 Å². The van der Waals surface area contributed by atoms with Crippen molar-refractivity contribution in [3.05, 3.63) is 29.0 Å². The second-order valence-electron chi connectivity index (χ2n) is 2.49. The van der Waals surface area contributed by atoms with Gasteiger partial charge >= 0.3 is 0 Å². The maximum absolute atomic E-state index is 11.3. The standard InChI is InChI=1S/C8H8ClN3O2/c1-5(13)11-12-8(14)7-4-6(9)2-3-10-7/h2-4H,1H3,(H,11,13)(H,12,14). The largest absolute Gasteiger partial charge is 0.288 e. The van der Waals surface area contributed by atoms with Gasteiger partial charge in [0.15, 0.2) is 0 Å². The first-order valence-electron chi connectivity index (χ1n) is 3.78. The van der Waals surface area contributed by atoms with Gasteiger partial charge in [-0.15, -0.1) is 0 Å². The highest BCUT2D eigenvalue weighted by molar-refractivity contribution is 6.30. The van der Waals surface area contributed by atoms with E-state index >= 15 is 0 Å². The number of carbonyl (C=O) groups excluding carboxylic acids is 2. The molecule has 0 saturated heterocycles. The number of carbonyl (C=O) groups is 2. The van der Waals surface area contributed by atoms with Crippen molar-refractivity contribution < 1.29 is 9.59 Å². The van der Waals surface area contributed by atoms with E-state index in [1.165, 1.54) is 19.2 Å². The molecule has 0 aliphatic rings. The van der Waals surface area contributed by atoms with Gasteiger partial charge in [-0.2, -0.15) is 0 Å². The fourth-order valence-electron chi connectivity index (χ4n) is 0.738. The van der Waals surface area contributed by atoms with E-state index < -0.39 is 5.91 Å². The first-order chi connectivity index (χ1) is 6.59. The van der Waals surface area contributed by atoms with Crippen LogP contribution in [0.25, 0.3) is 0 Å². The molecule has 0 aliphatic heterocycles. The Hall–Kier alpha value is -1.62. The predicted molar refractivity (Wildman–Crippen MR) is 50.5 cm³/mol. The lowest BCUT2D eigenvalue weighted by Crippen LogP contribution is -2.40. The molecule has 1 aromatic heterocycles. The van der Waals surface area contributed by atoms with E-state index in [0.29, 0.717) is 5.02 Å². The first kappa shape index (κ1) is 10.5.